The molecule has 1 N–H and O–H groups in total. The fourth-order valence-corrected chi connectivity index (χ4v) is 4.91. The van der Waals surface area contributed by atoms with Gasteiger partial charge in [-0.25, -0.2) is 9.97 Å². The summed E-state index contributed by atoms with van der Waals surface area (Å²) in [5.74, 6) is 1.13. The second-order valence-electron chi connectivity index (χ2n) is 9.16. The van der Waals surface area contributed by atoms with Crippen LogP contribution in [0.1, 0.15) is 47.3 Å². The lowest BCUT2D eigenvalue weighted by atomic mass is 9.83. The molecule has 1 atom stereocenters. The van der Waals surface area contributed by atoms with E-state index in [-0.39, 0.29) is 11.3 Å². The smallest absolute Gasteiger partial charge is 0.433 e. The third-order valence-corrected chi connectivity index (χ3v) is 7.18. The zero-order valence-corrected chi connectivity index (χ0v) is 20.4. The predicted molar refractivity (Wildman–Crippen MR) is 129 cm³/mol. The highest BCUT2D eigenvalue weighted by Gasteiger charge is 2.40. The number of fused-ring (bicyclic) bond motifs is 1. The topological polar surface area (TPSA) is 73.1 Å². The van der Waals surface area contributed by atoms with Gasteiger partial charge < -0.3 is 14.4 Å². The highest BCUT2D eigenvalue weighted by atomic mass is 35.5. The van der Waals surface area contributed by atoms with Gasteiger partial charge in [-0.3, -0.25) is 4.98 Å². The third-order valence-electron chi connectivity index (χ3n) is 6.74. The third kappa shape index (κ3) is 4.30. The molecule has 0 bridgehead atoms. The van der Waals surface area contributed by atoms with Gasteiger partial charge in [-0.2, -0.15) is 13.2 Å². The van der Waals surface area contributed by atoms with Crippen LogP contribution in [-0.2, 0) is 25.2 Å². The van der Waals surface area contributed by atoms with Gasteiger partial charge in [0.2, 0.25) is 5.88 Å². The van der Waals surface area contributed by atoms with E-state index in [9.17, 15) is 18.3 Å². The summed E-state index contributed by atoms with van der Waals surface area (Å²) < 4.78 is 47.5. The molecule has 1 aliphatic rings. The van der Waals surface area contributed by atoms with Gasteiger partial charge in [-0.1, -0.05) is 30.5 Å². The zero-order valence-electron chi connectivity index (χ0n) is 19.7. The van der Waals surface area contributed by atoms with Gasteiger partial charge in [0.25, 0.3) is 0 Å². The summed E-state index contributed by atoms with van der Waals surface area (Å²) in [6.45, 7) is 0. The van der Waals surface area contributed by atoms with E-state index in [0.29, 0.717) is 39.7 Å². The highest BCUT2D eigenvalue weighted by Crippen LogP contribution is 2.42. The van der Waals surface area contributed by atoms with Crippen LogP contribution in [0.3, 0.4) is 0 Å². The van der Waals surface area contributed by atoms with Crippen LogP contribution in [0, 0.1) is 5.92 Å². The first kappa shape index (κ1) is 24.5. The number of nitrogens with zero attached hydrogens (tertiary/aromatic N) is 4. The van der Waals surface area contributed by atoms with Crippen molar-refractivity contribution in [1.29, 1.82) is 0 Å². The first-order valence-electron chi connectivity index (χ1n) is 11.5. The molecule has 36 heavy (non-hydrogen) atoms. The lowest BCUT2D eigenvalue weighted by Gasteiger charge is -2.30. The molecule has 1 fully saturated rings. The molecular weight excluding hydrogens is 493 g/mol. The van der Waals surface area contributed by atoms with Gasteiger partial charge in [-0.15, -0.1) is 0 Å². The molecule has 3 aromatic heterocycles. The minimum Gasteiger partial charge on any atom is -0.481 e. The maximum Gasteiger partial charge on any atom is 0.433 e. The standard InChI is InChI=1S/C26H24ClF3N4O2/c1-34-14-31-13-22(34)25(35,17-9-10-32-21(12-17)26(28,29)30)16-6-8-20-19(11-16)23(27)18(24(33-20)36-2)7-5-15-3-4-15/h6,8-15,35H,3-5,7H2,1-2H3. The number of alkyl halides is 3. The number of rotatable bonds is 7. The lowest BCUT2D eigenvalue weighted by molar-refractivity contribution is -0.141. The van der Waals surface area contributed by atoms with Crippen LogP contribution in [-0.4, -0.2) is 31.7 Å². The number of aromatic nitrogens is 4. The molecule has 10 heteroatoms. The molecule has 0 spiro atoms. The number of imidazole rings is 1. The van der Waals surface area contributed by atoms with Crippen molar-refractivity contribution in [3.05, 3.63) is 82.2 Å². The Balaban J connectivity index is 1.71. The van der Waals surface area contributed by atoms with E-state index in [4.69, 9.17) is 16.3 Å². The molecule has 1 aromatic carbocycles. The number of hydrogen-bond acceptors (Lipinski definition) is 5. The van der Waals surface area contributed by atoms with E-state index in [1.807, 2.05) is 0 Å². The molecule has 3 heterocycles. The second-order valence-corrected chi connectivity index (χ2v) is 9.53. The summed E-state index contributed by atoms with van der Waals surface area (Å²) in [5, 5.41) is 13.2. The summed E-state index contributed by atoms with van der Waals surface area (Å²) in [4.78, 5) is 12.1. The number of pyridine rings is 2. The van der Waals surface area contributed by atoms with Crippen LogP contribution >= 0.6 is 11.6 Å². The SMILES string of the molecule is COc1nc2ccc(C(O)(c3ccnc(C(F)(F)F)c3)c3cncn3C)cc2c(Cl)c1CCC1CC1. The van der Waals surface area contributed by atoms with E-state index in [1.165, 1.54) is 31.4 Å². The lowest BCUT2D eigenvalue weighted by Crippen LogP contribution is -2.31. The average Bonchev–Trinajstić information content (AvgIpc) is 3.59. The number of ether oxygens (including phenoxy) is 1. The Morgan fingerprint density at radius 3 is 2.56 bits per heavy atom. The summed E-state index contributed by atoms with van der Waals surface area (Å²) in [7, 11) is 3.21. The Morgan fingerprint density at radius 2 is 1.92 bits per heavy atom. The fraction of sp³-hybridized carbons (Fsp3) is 0.346. The van der Waals surface area contributed by atoms with Crippen LogP contribution in [0.2, 0.25) is 5.02 Å². The maximum absolute atomic E-state index is 13.5. The first-order chi connectivity index (χ1) is 17.1. The summed E-state index contributed by atoms with van der Waals surface area (Å²) in [5.41, 5.74) is -1.14. The average molecular weight is 517 g/mol. The summed E-state index contributed by atoms with van der Waals surface area (Å²) >= 11 is 6.86. The van der Waals surface area contributed by atoms with Crippen LogP contribution in [0.4, 0.5) is 13.2 Å². The van der Waals surface area contributed by atoms with Gasteiger partial charge in [0.05, 0.1) is 35.9 Å². The molecule has 1 aliphatic carbocycles. The van der Waals surface area contributed by atoms with Gasteiger partial charge in [-0.05, 0) is 54.2 Å². The Labute approximate surface area is 210 Å². The number of aliphatic hydroxyl groups is 1. The van der Waals surface area contributed by atoms with Crippen molar-refractivity contribution in [3.8, 4) is 5.88 Å². The van der Waals surface area contributed by atoms with Crippen molar-refractivity contribution < 1.29 is 23.0 Å². The van der Waals surface area contributed by atoms with Crippen LogP contribution < -0.4 is 4.74 Å². The quantitative estimate of drug-likeness (QED) is 0.342. The van der Waals surface area contributed by atoms with Crippen molar-refractivity contribution in [1.82, 2.24) is 19.5 Å². The molecule has 0 radical (unpaired) electrons. The molecule has 0 aliphatic heterocycles. The van der Waals surface area contributed by atoms with E-state index in [1.54, 1.807) is 36.9 Å². The minimum atomic E-state index is -4.67. The Hall–Kier alpha value is -3.17. The van der Waals surface area contributed by atoms with Crippen molar-refractivity contribution in [2.75, 3.05) is 7.11 Å². The molecule has 0 amide bonds. The van der Waals surface area contributed by atoms with E-state index in [0.717, 1.165) is 24.2 Å². The monoisotopic (exact) mass is 516 g/mol. The Kier molecular flexibility index (Phi) is 6.16. The van der Waals surface area contributed by atoms with E-state index >= 15 is 0 Å². The van der Waals surface area contributed by atoms with Gasteiger partial charge >= 0.3 is 6.18 Å². The fourth-order valence-electron chi connectivity index (χ4n) is 4.59. The van der Waals surface area contributed by atoms with Gasteiger partial charge in [0, 0.05) is 24.2 Å². The second kappa shape index (κ2) is 9.05. The zero-order chi connectivity index (χ0) is 25.7. The number of hydrogen-bond donors (Lipinski definition) is 1. The van der Waals surface area contributed by atoms with Crippen LogP contribution in [0.5, 0.6) is 5.88 Å². The minimum absolute atomic E-state index is 0.000625. The molecule has 188 valence electrons. The summed E-state index contributed by atoms with van der Waals surface area (Å²) in [6.07, 6.45) is 3.34. The van der Waals surface area contributed by atoms with E-state index < -0.39 is 17.5 Å². The van der Waals surface area contributed by atoms with Gasteiger partial charge in [0.15, 0.2) is 5.60 Å². The normalized spacial score (nSPS) is 15.8. The van der Waals surface area contributed by atoms with Crippen molar-refractivity contribution in [2.24, 2.45) is 13.0 Å². The largest absolute Gasteiger partial charge is 0.481 e. The molecular formula is C26H24ClF3N4O2. The molecule has 5 rings (SSSR count). The number of benzene rings is 1. The number of methoxy groups -OCH3 is 1. The molecule has 4 aromatic rings. The molecule has 6 nitrogen and oxygen atoms in total. The molecule has 1 saturated carbocycles. The van der Waals surface area contributed by atoms with Gasteiger partial charge in [0.1, 0.15) is 5.69 Å². The van der Waals surface area contributed by atoms with E-state index in [2.05, 4.69) is 15.0 Å². The van der Waals surface area contributed by atoms with Crippen molar-refractivity contribution in [3.63, 3.8) is 0 Å². The molecule has 1 unspecified atom stereocenters. The van der Waals surface area contributed by atoms with Crippen LogP contribution in [0.15, 0.2) is 49.1 Å². The number of aryl methyl sites for hydroxylation is 1. The Morgan fingerprint density at radius 1 is 1.17 bits per heavy atom. The predicted octanol–water partition coefficient (Wildman–Crippen LogP) is 5.67. The van der Waals surface area contributed by atoms with Crippen molar-refractivity contribution >= 4 is 22.5 Å². The van der Waals surface area contributed by atoms with Crippen LogP contribution in [0.25, 0.3) is 10.9 Å². The number of halogens is 4. The van der Waals surface area contributed by atoms with Crippen molar-refractivity contribution in [2.45, 2.75) is 37.5 Å². The first-order valence-corrected chi connectivity index (χ1v) is 11.9. The Bertz CT molecular complexity index is 1430. The highest BCUT2D eigenvalue weighted by molar-refractivity contribution is 6.36. The summed E-state index contributed by atoms with van der Waals surface area (Å²) in [6, 6.07) is 7.19. The maximum atomic E-state index is 13.5. The molecule has 0 saturated heterocycles.